The molecule has 0 aliphatic carbocycles. The summed E-state index contributed by atoms with van der Waals surface area (Å²) in [6.45, 7) is 2.89. The molecule has 1 amide bonds. The van der Waals surface area contributed by atoms with Crippen LogP contribution in [-0.4, -0.2) is 54.0 Å². The minimum Gasteiger partial charge on any atom is -0.465 e. The first-order chi connectivity index (χ1) is 5.57. The maximum absolute atomic E-state index is 10.3. The molecule has 0 saturated carbocycles. The number of hydrogen-bond donors (Lipinski definition) is 3. The van der Waals surface area contributed by atoms with Gasteiger partial charge in [-0.15, -0.1) is 0 Å². The maximum Gasteiger partial charge on any atom is 0.407 e. The van der Waals surface area contributed by atoms with Crippen molar-refractivity contribution in [2.75, 3.05) is 26.7 Å². The van der Waals surface area contributed by atoms with Crippen LogP contribution >= 0.6 is 0 Å². The van der Waals surface area contributed by atoms with Gasteiger partial charge in [0, 0.05) is 26.2 Å². The van der Waals surface area contributed by atoms with Crippen LogP contribution in [-0.2, 0) is 0 Å². The van der Waals surface area contributed by atoms with Crippen molar-refractivity contribution in [3.8, 4) is 0 Å². The summed E-state index contributed by atoms with van der Waals surface area (Å²) in [6.07, 6.45) is -0.937. The number of amides is 1. The number of likely N-dealkylation sites (N-methyl/N-ethyl adjacent to an activating group) is 1. The van der Waals surface area contributed by atoms with E-state index in [0.29, 0.717) is 13.1 Å². The average Bonchev–Trinajstić information content (AvgIpc) is 2.03. The van der Waals surface area contributed by atoms with E-state index in [1.807, 2.05) is 6.92 Å². The number of aliphatic hydroxyl groups is 1. The van der Waals surface area contributed by atoms with Crippen LogP contribution in [0.15, 0.2) is 0 Å². The van der Waals surface area contributed by atoms with E-state index >= 15 is 0 Å². The van der Waals surface area contributed by atoms with Crippen molar-refractivity contribution in [1.82, 2.24) is 10.2 Å². The minimum absolute atomic E-state index is 0.0206. The molecule has 0 radical (unpaired) electrons. The standard InChI is InChI=1S/C7H16N2O3/c1-6(5-10)8-3-4-9(2)7(11)12/h6,8,10H,3-5H2,1-2H3,(H,11,12). The van der Waals surface area contributed by atoms with Crippen LogP contribution in [0.5, 0.6) is 0 Å². The second-order valence-corrected chi connectivity index (χ2v) is 2.74. The summed E-state index contributed by atoms with van der Waals surface area (Å²) in [5.74, 6) is 0. The Labute approximate surface area is 72.0 Å². The van der Waals surface area contributed by atoms with Crippen LogP contribution in [0.25, 0.3) is 0 Å². The van der Waals surface area contributed by atoms with E-state index in [-0.39, 0.29) is 12.6 Å². The minimum atomic E-state index is -0.937. The second kappa shape index (κ2) is 5.79. The molecule has 0 aliphatic heterocycles. The van der Waals surface area contributed by atoms with Gasteiger partial charge in [0.25, 0.3) is 0 Å². The molecule has 3 N–H and O–H groups in total. The maximum atomic E-state index is 10.3. The van der Waals surface area contributed by atoms with Gasteiger partial charge in [0.15, 0.2) is 0 Å². The number of nitrogens with zero attached hydrogens (tertiary/aromatic N) is 1. The van der Waals surface area contributed by atoms with Crippen LogP contribution in [0.1, 0.15) is 6.92 Å². The number of nitrogens with one attached hydrogen (secondary N) is 1. The predicted octanol–water partition coefficient (Wildman–Crippen LogP) is -0.433. The fourth-order valence-electron chi connectivity index (χ4n) is 0.639. The Morgan fingerprint density at radius 3 is 2.67 bits per heavy atom. The molecule has 0 saturated heterocycles. The Kier molecular flexibility index (Phi) is 5.40. The average molecular weight is 176 g/mol. The molecular weight excluding hydrogens is 160 g/mol. The Balaban J connectivity index is 3.37. The first-order valence-electron chi connectivity index (χ1n) is 3.86. The van der Waals surface area contributed by atoms with Gasteiger partial charge in [0.2, 0.25) is 0 Å². The Hall–Kier alpha value is -0.810. The summed E-state index contributed by atoms with van der Waals surface area (Å²) in [5.41, 5.74) is 0. The van der Waals surface area contributed by atoms with E-state index in [1.54, 1.807) is 0 Å². The molecular formula is C7H16N2O3. The third-order valence-corrected chi connectivity index (χ3v) is 1.54. The Bertz CT molecular complexity index is 141. The third kappa shape index (κ3) is 4.92. The molecule has 0 fully saturated rings. The van der Waals surface area contributed by atoms with E-state index in [2.05, 4.69) is 5.32 Å². The highest BCUT2D eigenvalue weighted by molar-refractivity contribution is 5.64. The van der Waals surface area contributed by atoms with Crippen LogP contribution in [0.3, 0.4) is 0 Å². The van der Waals surface area contributed by atoms with Crippen molar-refractivity contribution in [2.24, 2.45) is 0 Å². The topological polar surface area (TPSA) is 72.8 Å². The van der Waals surface area contributed by atoms with Gasteiger partial charge in [0.05, 0.1) is 6.61 Å². The molecule has 5 heteroatoms. The lowest BCUT2D eigenvalue weighted by molar-refractivity contribution is 0.155. The van der Waals surface area contributed by atoms with Crippen molar-refractivity contribution >= 4 is 6.09 Å². The highest BCUT2D eigenvalue weighted by Crippen LogP contribution is 1.82. The first kappa shape index (κ1) is 11.2. The number of carboxylic acid groups (broad SMARTS) is 1. The van der Waals surface area contributed by atoms with Crippen LogP contribution in [0, 0.1) is 0 Å². The normalized spacial score (nSPS) is 12.6. The molecule has 0 spiro atoms. The zero-order valence-electron chi connectivity index (χ0n) is 7.45. The number of rotatable bonds is 5. The van der Waals surface area contributed by atoms with E-state index < -0.39 is 6.09 Å². The Morgan fingerprint density at radius 1 is 1.67 bits per heavy atom. The van der Waals surface area contributed by atoms with Gasteiger partial charge in [-0.2, -0.15) is 0 Å². The largest absolute Gasteiger partial charge is 0.465 e. The molecule has 0 bridgehead atoms. The van der Waals surface area contributed by atoms with Gasteiger partial charge < -0.3 is 20.4 Å². The number of carbonyl (C=O) groups is 1. The fraction of sp³-hybridized carbons (Fsp3) is 0.857. The van der Waals surface area contributed by atoms with Gasteiger partial charge in [-0.25, -0.2) is 4.79 Å². The van der Waals surface area contributed by atoms with Crippen LogP contribution in [0.2, 0.25) is 0 Å². The smallest absolute Gasteiger partial charge is 0.407 e. The Morgan fingerprint density at radius 2 is 2.25 bits per heavy atom. The third-order valence-electron chi connectivity index (χ3n) is 1.54. The summed E-state index contributed by atoms with van der Waals surface area (Å²) < 4.78 is 0. The van der Waals surface area contributed by atoms with Gasteiger partial charge in [-0.3, -0.25) is 0 Å². The second-order valence-electron chi connectivity index (χ2n) is 2.74. The predicted molar refractivity (Wildman–Crippen MR) is 45.2 cm³/mol. The van der Waals surface area contributed by atoms with E-state index in [0.717, 1.165) is 0 Å². The fourth-order valence-corrected chi connectivity index (χ4v) is 0.639. The molecule has 1 atom stereocenters. The summed E-state index contributed by atoms with van der Waals surface area (Å²) in [6, 6.07) is 0.0206. The number of aliphatic hydroxyl groups excluding tert-OH is 1. The monoisotopic (exact) mass is 176 g/mol. The van der Waals surface area contributed by atoms with Gasteiger partial charge in [-0.05, 0) is 6.92 Å². The molecule has 0 aromatic carbocycles. The van der Waals surface area contributed by atoms with E-state index in [1.165, 1.54) is 11.9 Å². The molecule has 0 rings (SSSR count). The number of hydrogen-bond acceptors (Lipinski definition) is 3. The summed E-state index contributed by atoms with van der Waals surface area (Å²) >= 11 is 0. The summed E-state index contributed by atoms with van der Waals surface area (Å²) in [5, 5.41) is 20.0. The highest BCUT2D eigenvalue weighted by Gasteiger charge is 2.04. The lowest BCUT2D eigenvalue weighted by atomic mass is 10.3. The molecule has 0 aromatic heterocycles. The lowest BCUT2D eigenvalue weighted by Crippen LogP contribution is -2.37. The van der Waals surface area contributed by atoms with Crippen LogP contribution < -0.4 is 5.32 Å². The van der Waals surface area contributed by atoms with Gasteiger partial charge in [0.1, 0.15) is 0 Å². The first-order valence-corrected chi connectivity index (χ1v) is 3.86. The van der Waals surface area contributed by atoms with Crippen molar-refractivity contribution in [3.05, 3.63) is 0 Å². The van der Waals surface area contributed by atoms with Crippen molar-refractivity contribution < 1.29 is 15.0 Å². The van der Waals surface area contributed by atoms with Gasteiger partial charge >= 0.3 is 6.09 Å². The SMILES string of the molecule is CC(CO)NCCN(C)C(=O)O. The molecule has 0 heterocycles. The molecule has 1 unspecified atom stereocenters. The molecule has 5 nitrogen and oxygen atoms in total. The molecule has 0 aromatic rings. The highest BCUT2D eigenvalue weighted by atomic mass is 16.4. The van der Waals surface area contributed by atoms with Crippen molar-refractivity contribution in [1.29, 1.82) is 0 Å². The van der Waals surface area contributed by atoms with Crippen molar-refractivity contribution in [2.45, 2.75) is 13.0 Å². The summed E-state index contributed by atoms with van der Waals surface area (Å²) in [7, 11) is 1.51. The molecule has 0 aliphatic rings. The quantitative estimate of drug-likeness (QED) is 0.531. The van der Waals surface area contributed by atoms with E-state index in [4.69, 9.17) is 10.2 Å². The summed E-state index contributed by atoms with van der Waals surface area (Å²) in [4.78, 5) is 11.5. The lowest BCUT2D eigenvalue weighted by Gasteiger charge is -2.15. The van der Waals surface area contributed by atoms with E-state index in [9.17, 15) is 4.79 Å². The zero-order chi connectivity index (χ0) is 9.56. The van der Waals surface area contributed by atoms with Gasteiger partial charge in [-0.1, -0.05) is 0 Å². The molecule has 12 heavy (non-hydrogen) atoms. The molecule has 72 valence electrons. The zero-order valence-corrected chi connectivity index (χ0v) is 7.45. The van der Waals surface area contributed by atoms with Crippen LogP contribution in [0.4, 0.5) is 4.79 Å². The van der Waals surface area contributed by atoms with Crippen molar-refractivity contribution in [3.63, 3.8) is 0 Å².